The number of fused-ring (bicyclic) bond motifs is 13. The maximum Gasteiger partial charge on any atom is 0.247 e. The average Bonchev–Trinajstić information content (AvgIpc) is 3.76. The zero-order valence-electron chi connectivity index (χ0n) is 33.1. The van der Waals surface area contributed by atoms with Crippen LogP contribution in [0.2, 0.25) is 0 Å². The van der Waals surface area contributed by atoms with E-state index in [4.69, 9.17) is 0 Å². The lowest BCUT2D eigenvalue weighted by atomic mass is 9.29. The molecule has 0 radical (unpaired) electrons. The molecule has 0 N–H and O–H groups in total. The molecule has 5 heterocycles. The zero-order valence-corrected chi connectivity index (χ0v) is 33.1. The molecule has 0 saturated carbocycles. The van der Waals surface area contributed by atoms with Gasteiger partial charge >= 0.3 is 0 Å². The molecule has 0 fully saturated rings. The van der Waals surface area contributed by atoms with E-state index in [0.29, 0.717) is 0 Å². The maximum absolute atomic E-state index is 2.61. The normalized spacial score (nSPS) is 15.4. The SMILES string of the molecule is CC1(C)c2cccc3c2B(c2cc4c5ccccc5n(-c5ccccc5)c4cc2N3c2ccccc2)c2cc3c4ccccc4n4c3c(c21)C(C)(C)c1ccccc1-4. The molecule has 0 saturated heterocycles. The molecule has 0 spiro atoms. The van der Waals surface area contributed by atoms with Crippen LogP contribution in [0.15, 0.2) is 170 Å². The first kappa shape index (κ1) is 32.3. The molecule has 3 aliphatic heterocycles. The quantitative estimate of drug-likeness (QED) is 0.161. The van der Waals surface area contributed by atoms with Gasteiger partial charge in [-0.2, -0.15) is 0 Å². The third kappa shape index (κ3) is 3.86. The van der Waals surface area contributed by atoms with Gasteiger partial charge in [-0.3, -0.25) is 0 Å². The molecule has 274 valence electrons. The lowest BCUT2D eigenvalue weighted by Gasteiger charge is -2.48. The molecule has 0 aliphatic carbocycles. The number of rotatable bonds is 2. The first-order chi connectivity index (χ1) is 28.3. The highest BCUT2D eigenvalue weighted by Gasteiger charge is 2.50. The highest BCUT2D eigenvalue weighted by molar-refractivity contribution is 6.99. The van der Waals surface area contributed by atoms with Crippen molar-refractivity contribution in [2.24, 2.45) is 0 Å². The largest absolute Gasteiger partial charge is 0.311 e. The summed E-state index contributed by atoms with van der Waals surface area (Å²) in [6, 6.07) is 63.8. The molecule has 13 rings (SSSR count). The Bertz CT molecular complexity index is 3400. The van der Waals surface area contributed by atoms with Gasteiger partial charge in [0.25, 0.3) is 0 Å². The van der Waals surface area contributed by atoms with Crippen molar-refractivity contribution in [1.29, 1.82) is 0 Å². The Hall–Kier alpha value is -6.78. The Morgan fingerprint density at radius 1 is 0.397 bits per heavy atom. The lowest BCUT2D eigenvalue weighted by molar-refractivity contribution is 0.577. The second-order valence-corrected chi connectivity index (χ2v) is 17.7. The molecule has 4 heteroatoms. The van der Waals surface area contributed by atoms with Crippen molar-refractivity contribution in [2.75, 3.05) is 4.90 Å². The van der Waals surface area contributed by atoms with Crippen LogP contribution in [0, 0.1) is 0 Å². The van der Waals surface area contributed by atoms with Gasteiger partial charge in [-0.1, -0.05) is 148 Å². The minimum atomic E-state index is -0.279. The zero-order chi connectivity index (χ0) is 38.7. The second kappa shape index (κ2) is 11.0. The Kier molecular flexibility index (Phi) is 6.13. The van der Waals surface area contributed by atoms with Crippen molar-refractivity contribution < 1.29 is 0 Å². The van der Waals surface area contributed by atoms with Gasteiger partial charge in [0.05, 0.1) is 27.8 Å². The number of benzene rings is 8. The van der Waals surface area contributed by atoms with E-state index in [-0.39, 0.29) is 17.5 Å². The summed E-state index contributed by atoms with van der Waals surface area (Å²) >= 11 is 0. The number of hydrogen-bond acceptors (Lipinski definition) is 1. The van der Waals surface area contributed by atoms with Gasteiger partial charge in [0, 0.05) is 55.1 Å². The predicted octanol–water partition coefficient (Wildman–Crippen LogP) is 11.5. The minimum Gasteiger partial charge on any atom is -0.311 e. The molecule has 0 unspecified atom stereocenters. The molecule has 10 aromatic rings. The van der Waals surface area contributed by atoms with E-state index in [1.807, 2.05) is 0 Å². The van der Waals surface area contributed by atoms with E-state index in [9.17, 15) is 0 Å². The molecular formula is C54H40BN3. The van der Waals surface area contributed by atoms with Crippen molar-refractivity contribution in [1.82, 2.24) is 9.13 Å². The van der Waals surface area contributed by atoms with Gasteiger partial charge < -0.3 is 14.0 Å². The van der Waals surface area contributed by atoms with E-state index in [1.165, 1.54) is 111 Å². The Labute approximate surface area is 338 Å². The topological polar surface area (TPSA) is 13.1 Å². The summed E-state index contributed by atoms with van der Waals surface area (Å²) in [5.74, 6) is 0. The lowest BCUT2D eigenvalue weighted by Crippen LogP contribution is -2.64. The van der Waals surface area contributed by atoms with Crippen molar-refractivity contribution in [3.05, 3.63) is 192 Å². The van der Waals surface area contributed by atoms with Crippen molar-refractivity contribution in [3.63, 3.8) is 0 Å². The number of anilines is 3. The summed E-state index contributed by atoms with van der Waals surface area (Å²) in [6.45, 7) is 9.95. The average molecular weight is 742 g/mol. The summed E-state index contributed by atoms with van der Waals surface area (Å²) in [4.78, 5) is 2.55. The number of hydrogen-bond donors (Lipinski definition) is 0. The first-order valence-electron chi connectivity index (χ1n) is 20.7. The standard InChI is InChI=1S/C54H40BN3/c1-53(2)39-24-13-16-28-45(39)58-44-27-15-12-23-36(44)38-31-42-49(50(53)52(38)58)54(3,4)40-25-17-29-46-51(40)55(42)41-30-37-35-22-11-14-26-43(35)56(33-18-7-5-8-19-33)47(37)32-48(41)57(46)34-20-9-6-10-21-34/h5-32H,1-4H3. The molecule has 0 atom stereocenters. The summed E-state index contributed by atoms with van der Waals surface area (Å²) < 4.78 is 5.04. The van der Waals surface area contributed by atoms with E-state index >= 15 is 0 Å². The van der Waals surface area contributed by atoms with E-state index in [1.54, 1.807) is 0 Å². The number of aromatic nitrogens is 2. The van der Waals surface area contributed by atoms with E-state index < -0.39 is 0 Å². The molecule has 8 aromatic carbocycles. The van der Waals surface area contributed by atoms with Crippen LogP contribution in [-0.4, -0.2) is 15.8 Å². The minimum absolute atomic E-state index is 0.0307. The van der Waals surface area contributed by atoms with Gasteiger partial charge in [-0.15, -0.1) is 0 Å². The number of nitrogens with zero attached hydrogens (tertiary/aromatic N) is 3. The van der Waals surface area contributed by atoms with Gasteiger partial charge in [0.2, 0.25) is 6.71 Å². The van der Waals surface area contributed by atoms with Crippen LogP contribution < -0.4 is 21.3 Å². The summed E-state index contributed by atoms with van der Waals surface area (Å²) in [7, 11) is 0. The molecule has 0 bridgehead atoms. The molecule has 3 nitrogen and oxygen atoms in total. The fourth-order valence-electron chi connectivity index (χ4n) is 11.7. The Balaban J connectivity index is 1.22. The van der Waals surface area contributed by atoms with Crippen LogP contribution in [0.3, 0.4) is 0 Å². The summed E-state index contributed by atoms with van der Waals surface area (Å²) in [5.41, 5.74) is 20.6. The maximum atomic E-state index is 2.61. The van der Waals surface area contributed by atoms with E-state index in [2.05, 4.69) is 212 Å². The fraction of sp³-hybridized carbons (Fsp3) is 0.111. The highest BCUT2D eigenvalue weighted by Crippen LogP contribution is 2.53. The van der Waals surface area contributed by atoms with Crippen LogP contribution in [0.1, 0.15) is 49.9 Å². The van der Waals surface area contributed by atoms with E-state index in [0.717, 1.165) is 0 Å². The monoisotopic (exact) mass is 741 g/mol. The van der Waals surface area contributed by atoms with Crippen LogP contribution >= 0.6 is 0 Å². The van der Waals surface area contributed by atoms with Crippen molar-refractivity contribution in [2.45, 2.75) is 38.5 Å². The second-order valence-electron chi connectivity index (χ2n) is 17.7. The molecular weight excluding hydrogens is 701 g/mol. The Morgan fingerprint density at radius 2 is 0.966 bits per heavy atom. The molecule has 0 amide bonds. The van der Waals surface area contributed by atoms with Crippen molar-refractivity contribution >= 4 is 83.8 Å². The smallest absolute Gasteiger partial charge is 0.247 e. The van der Waals surface area contributed by atoms with Crippen LogP contribution in [-0.2, 0) is 10.8 Å². The van der Waals surface area contributed by atoms with Crippen molar-refractivity contribution in [3.8, 4) is 11.4 Å². The van der Waals surface area contributed by atoms with Gasteiger partial charge in [0.15, 0.2) is 0 Å². The predicted molar refractivity (Wildman–Crippen MR) is 245 cm³/mol. The number of para-hydroxylation sites is 5. The molecule has 3 aliphatic rings. The molecule has 2 aromatic heterocycles. The summed E-state index contributed by atoms with van der Waals surface area (Å²) in [5, 5.41) is 5.22. The molecule has 58 heavy (non-hydrogen) atoms. The first-order valence-corrected chi connectivity index (χ1v) is 20.7. The highest BCUT2D eigenvalue weighted by atomic mass is 15.2. The van der Waals surface area contributed by atoms with Crippen LogP contribution in [0.4, 0.5) is 17.1 Å². The van der Waals surface area contributed by atoms with Crippen LogP contribution in [0.25, 0.3) is 55.0 Å². The third-order valence-corrected chi connectivity index (χ3v) is 14.1. The van der Waals surface area contributed by atoms with Gasteiger partial charge in [-0.05, 0) is 87.8 Å². The summed E-state index contributed by atoms with van der Waals surface area (Å²) in [6.07, 6.45) is 0. The Morgan fingerprint density at radius 3 is 1.72 bits per heavy atom. The fourth-order valence-corrected chi connectivity index (χ4v) is 11.7. The van der Waals surface area contributed by atoms with Crippen LogP contribution in [0.5, 0.6) is 0 Å². The van der Waals surface area contributed by atoms with Gasteiger partial charge in [0.1, 0.15) is 0 Å². The third-order valence-electron chi connectivity index (χ3n) is 14.1. The van der Waals surface area contributed by atoms with Gasteiger partial charge in [-0.25, -0.2) is 0 Å².